The average Bonchev–Trinajstić information content (AvgIpc) is 1.00. The van der Waals surface area contributed by atoms with E-state index >= 15 is 0 Å². The summed E-state index contributed by atoms with van der Waals surface area (Å²) in [6.07, 6.45) is 0. The van der Waals surface area contributed by atoms with Gasteiger partial charge in [0.15, 0.2) is 0 Å². The SMILES string of the molecule is [BiH3].[CH3-].[O]=[Ti+].[SbH2]. The van der Waals surface area contributed by atoms with E-state index in [0.717, 1.165) is 20.4 Å². The second-order valence-electron chi connectivity index (χ2n) is 0. The second kappa shape index (κ2) is 34.4. The molecule has 0 saturated heterocycles. The molecule has 1 nitrogen and oxygen atoms in total. The van der Waals surface area contributed by atoms with Crippen molar-refractivity contribution in [3.63, 3.8) is 0 Å². The van der Waals surface area contributed by atoms with E-state index < -0.39 is 0 Å². The molecule has 0 N–H and O–H groups in total. The van der Waals surface area contributed by atoms with E-state index in [2.05, 4.69) is 0 Å². The van der Waals surface area contributed by atoms with Crippen LogP contribution in [0.3, 0.4) is 0 Å². The van der Waals surface area contributed by atoms with Gasteiger partial charge in [0.2, 0.25) is 0 Å². The van der Waals surface area contributed by atoms with Crippen LogP contribution in [0.2, 0.25) is 0 Å². The molecule has 0 aliphatic carbocycles. The van der Waals surface area contributed by atoms with Crippen molar-refractivity contribution in [1.82, 2.24) is 0 Å². The van der Waals surface area contributed by atoms with Gasteiger partial charge >= 0.3 is 74.4 Å². The summed E-state index contributed by atoms with van der Waals surface area (Å²) >= 11 is 0.750. The third-order valence-corrected chi connectivity index (χ3v) is 0. The van der Waals surface area contributed by atoms with Crippen molar-refractivity contribution in [2.24, 2.45) is 0 Å². The Labute approximate surface area is 80.6 Å². The third-order valence-electron chi connectivity index (χ3n) is 0. The van der Waals surface area contributed by atoms with Gasteiger partial charge in [-0.05, 0) is 0 Å². The van der Waals surface area contributed by atoms with E-state index in [4.69, 9.17) is 3.32 Å². The van der Waals surface area contributed by atoms with Gasteiger partial charge in [-0.3, -0.25) is 0 Å². The summed E-state index contributed by atoms with van der Waals surface area (Å²) in [4.78, 5) is 0. The Kier molecular flexibility index (Phi) is 186. The van der Waals surface area contributed by atoms with Crippen LogP contribution < -0.4 is 0 Å². The minimum absolute atomic E-state index is 0. The summed E-state index contributed by atoms with van der Waals surface area (Å²) in [6, 6.07) is 0. The summed E-state index contributed by atoms with van der Waals surface area (Å²) in [5.74, 6) is 0. The van der Waals surface area contributed by atoms with Crippen LogP contribution in [0.4, 0.5) is 0 Å². The molecule has 32 valence electrons. The first kappa shape index (κ1) is 27.0. The predicted octanol–water partition coefficient (Wildman–Crippen LogP) is -1.77. The molecule has 0 aliphatic rings. The van der Waals surface area contributed by atoms with Crippen LogP contribution in [0.1, 0.15) is 0 Å². The van der Waals surface area contributed by atoms with Gasteiger partial charge in [-0.1, -0.05) is 0 Å². The predicted molar refractivity (Wildman–Crippen MR) is 25.6 cm³/mol. The maximum absolute atomic E-state index is 8.25. The van der Waals surface area contributed by atoms with Crippen molar-refractivity contribution in [1.29, 1.82) is 0 Å². The first-order chi connectivity index (χ1) is 1.00. The van der Waals surface area contributed by atoms with E-state index in [9.17, 15) is 0 Å². The first-order valence-corrected chi connectivity index (χ1v) is 0.842. The molecule has 0 spiro atoms. The summed E-state index contributed by atoms with van der Waals surface area (Å²) in [7, 11) is 0. The molecular weight excluding hydrogens is 407 g/mol. The zero-order chi connectivity index (χ0) is 2.00. The van der Waals surface area contributed by atoms with Gasteiger partial charge in [0.25, 0.3) is 0 Å². The first-order valence-electron chi connectivity index (χ1n) is 0.204. The maximum atomic E-state index is 8.25. The monoisotopic (exact) mass is 414 g/mol. The molecular formula is CH8BiOSbTi. The van der Waals surface area contributed by atoms with Gasteiger partial charge < -0.3 is 7.43 Å². The summed E-state index contributed by atoms with van der Waals surface area (Å²) < 4.78 is 8.25. The van der Waals surface area contributed by atoms with Crippen LogP contribution in [-0.2, 0) is 23.7 Å². The van der Waals surface area contributed by atoms with E-state index in [1.807, 2.05) is 0 Å². The summed E-state index contributed by atoms with van der Waals surface area (Å²) in [5.41, 5.74) is 0. The van der Waals surface area contributed by atoms with Crippen molar-refractivity contribution >= 4 is 50.6 Å². The van der Waals surface area contributed by atoms with E-state index in [-0.39, 0.29) is 58.1 Å². The standard InChI is InChI=1S/CH3.Bi.O.Sb.Ti.5H/h1H3;;;;;;;;;/q-1;;;;+1;;;;;. The summed E-state index contributed by atoms with van der Waals surface area (Å²) in [6.45, 7) is 0. The summed E-state index contributed by atoms with van der Waals surface area (Å²) in [5, 5.41) is 0. The Hall–Kier alpha value is 2.22. The topological polar surface area (TPSA) is 17.1 Å². The second-order valence-corrected chi connectivity index (χ2v) is 0. The number of rotatable bonds is 0. The fourth-order valence-electron chi connectivity index (χ4n) is 0. The molecule has 0 bridgehead atoms. The van der Waals surface area contributed by atoms with Gasteiger partial charge in [0, 0.05) is 0 Å². The molecule has 0 aromatic carbocycles. The molecule has 0 heterocycles. The minimum atomic E-state index is 0. The fourth-order valence-corrected chi connectivity index (χ4v) is 0. The Bertz CT molecular complexity index is 11.6. The molecule has 0 aromatic rings. The molecule has 0 aliphatic heterocycles. The quantitative estimate of drug-likeness (QED) is 0.339. The van der Waals surface area contributed by atoms with Crippen LogP contribution in [0.15, 0.2) is 0 Å². The Morgan fingerprint density at radius 2 is 1.20 bits per heavy atom. The van der Waals surface area contributed by atoms with Crippen LogP contribution >= 0.6 is 0 Å². The van der Waals surface area contributed by atoms with Gasteiger partial charge in [0.05, 0.1) is 0 Å². The molecule has 0 atom stereocenters. The number of hydrogen-bond acceptors (Lipinski definition) is 1. The molecule has 1 radical (unpaired) electrons. The zero-order valence-corrected chi connectivity index (χ0v) is 13.5. The molecule has 0 unspecified atom stereocenters. The molecule has 4 heteroatoms. The van der Waals surface area contributed by atoms with Gasteiger partial charge in [0.1, 0.15) is 0 Å². The van der Waals surface area contributed by atoms with Crippen LogP contribution in [0.5, 0.6) is 0 Å². The Morgan fingerprint density at radius 3 is 1.20 bits per heavy atom. The van der Waals surface area contributed by atoms with Crippen LogP contribution in [0.25, 0.3) is 0 Å². The van der Waals surface area contributed by atoms with Crippen molar-refractivity contribution < 1.29 is 23.7 Å². The van der Waals surface area contributed by atoms with E-state index in [1.165, 1.54) is 0 Å². The Balaban J connectivity index is -0.00000000167. The fraction of sp³-hybridized carbons (Fsp3) is 0. The van der Waals surface area contributed by atoms with Gasteiger partial charge in [-0.25, -0.2) is 0 Å². The molecule has 0 amide bonds. The van der Waals surface area contributed by atoms with Crippen LogP contribution in [0, 0.1) is 7.43 Å². The van der Waals surface area contributed by atoms with Crippen molar-refractivity contribution in [3.8, 4) is 0 Å². The molecule has 5 heavy (non-hydrogen) atoms. The molecule has 0 fully saturated rings. The van der Waals surface area contributed by atoms with Gasteiger partial charge in [-0.15, -0.1) is 0 Å². The zero-order valence-electron chi connectivity index (χ0n) is 3.19. The molecule has 0 aromatic heterocycles. The normalized spacial score (nSPS) is 1.20. The third kappa shape index (κ3) is 22.5. The molecule has 0 rings (SSSR count). The van der Waals surface area contributed by atoms with Crippen LogP contribution in [-0.4, -0.2) is 50.6 Å². The number of hydrogen-bond donors (Lipinski definition) is 0. The average molecular weight is 415 g/mol. The van der Waals surface area contributed by atoms with E-state index in [1.54, 1.807) is 0 Å². The van der Waals surface area contributed by atoms with Crippen molar-refractivity contribution in [2.75, 3.05) is 0 Å². The Morgan fingerprint density at radius 1 is 1.20 bits per heavy atom. The van der Waals surface area contributed by atoms with Gasteiger partial charge in [-0.2, -0.15) is 0 Å². The van der Waals surface area contributed by atoms with Crippen molar-refractivity contribution in [3.05, 3.63) is 7.43 Å². The molecule has 0 saturated carbocycles. The van der Waals surface area contributed by atoms with Crippen molar-refractivity contribution in [2.45, 2.75) is 0 Å². The van der Waals surface area contributed by atoms with E-state index in [0.29, 0.717) is 0 Å².